The molecular formula is C46H87NO3. The fraction of sp³-hybridized carbons (Fsp3) is 0.848. The van der Waals surface area contributed by atoms with Gasteiger partial charge in [0.15, 0.2) is 0 Å². The average molecular weight is 702 g/mol. The number of nitrogens with one attached hydrogen (secondary N) is 1. The summed E-state index contributed by atoms with van der Waals surface area (Å²) in [5.74, 6) is -0.0733. The van der Waals surface area contributed by atoms with Gasteiger partial charge < -0.3 is 15.5 Å². The molecule has 0 spiro atoms. The van der Waals surface area contributed by atoms with Crippen LogP contribution in [0.25, 0.3) is 0 Å². The van der Waals surface area contributed by atoms with Crippen molar-refractivity contribution in [3.8, 4) is 0 Å². The van der Waals surface area contributed by atoms with Crippen molar-refractivity contribution in [1.82, 2.24) is 5.32 Å². The molecule has 0 fully saturated rings. The smallest absolute Gasteiger partial charge is 0.220 e. The van der Waals surface area contributed by atoms with Gasteiger partial charge >= 0.3 is 0 Å². The number of amides is 1. The van der Waals surface area contributed by atoms with Gasteiger partial charge in [0.1, 0.15) is 0 Å². The zero-order valence-electron chi connectivity index (χ0n) is 33.7. The number of unbranched alkanes of at least 4 members (excludes halogenated alkanes) is 29. The molecular weight excluding hydrogens is 615 g/mol. The minimum atomic E-state index is -0.860. The Morgan fingerprint density at radius 2 is 0.780 bits per heavy atom. The number of carbonyl (C=O) groups excluding carboxylic acids is 1. The summed E-state index contributed by atoms with van der Waals surface area (Å²) >= 11 is 0. The third-order valence-corrected chi connectivity index (χ3v) is 10.1. The van der Waals surface area contributed by atoms with Gasteiger partial charge in [0.25, 0.3) is 0 Å². The molecule has 4 nitrogen and oxygen atoms in total. The maximum absolute atomic E-state index is 12.4. The molecule has 0 rings (SSSR count). The minimum Gasteiger partial charge on any atom is -0.394 e. The number of aliphatic hydroxyl groups is 2. The van der Waals surface area contributed by atoms with Gasteiger partial charge in [0, 0.05) is 6.42 Å². The highest BCUT2D eigenvalue weighted by Gasteiger charge is 2.17. The second-order valence-corrected chi connectivity index (χ2v) is 15.1. The summed E-state index contributed by atoms with van der Waals surface area (Å²) in [6.45, 7) is 4.29. The van der Waals surface area contributed by atoms with Crippen molar-refractivity contribution in [3.05, 3.63) is 36.5 Å². The molecule has 0 heterocycles. The largest absolute Gasteiger partial charge is 0.394 e. The van der Waals surface area contributed by atoms with E-state index >= 15 is 0 Å². The number of hydrogen-bond donors (Lipinski definition) is 3. The molecule has 3 N–H and O–H groups in total. The first kappa shape index (κ1) is 48.6. The highest BCUT2D eigenvalue weighted by atomic mass is 16.3. The van der Waals surface area contributed by atoms with E-state index in [9.17, 15) is 15.0 Å². The Morgan fingerprint density at radius 3 is 1.16 bits per heavy atom. The second kappa shape index (κ2) is 42.0. The Labute approximate surface area is 312 Å². The monoisotopic (exact) mass is 702 g/mol. The normalized spacial score (nSPS) is 13.3. The molecule has 0 unspecified atom stereocenters. The lowest BCUT2D eigenvalue weighted by molar-refractivity contribution is -0.123. The molecule has 2 atom stereocenters. The van der Waals surface area contributed by atoms with Crippen molar-refractivity contribution in [1.29, 1.82) is 0 Å². The number of allylic oxidation sites excluding steroid dienone is 5. The van der Waals surface area contributed by atoms with E-state index < -0.39 is 12.1 Å². The van der Waals surface area contributed by atoms with Crippen LogP contribution < -0.4 is 5.32 Å². The standard InChI is InChI=1S/C46H87NO3/c1-3-5-7-9-11-13-15-17-19-20-21-22-23-24-25-26-28-30-32-34-36-38-40-42-46(50)47-44(43-48)45(49)41-39-37-35-33-31-29-27-18-16-14-12-10-8-6-4-2/h17,19,31,33,39,41,44-45,48-49H,3-16,18,20-30,32,34-38,40,42-43H2,1-2H3,(H,47,50)/b19-17+,33-31+,41-39+/t44-,45+/m0/s1. The van der Waals surface area contributed by atoms with Gasteiger partial charge in [-0.3, -0.25) is 4.79 Å². The third kappa shape index (κ3) is 37.9. The Balaban J connectivity index is 3.56. The van der Waals surface area contributed by atoms with Crippen LogP contribution in [-0.4, -0.2) is 34.9 Å². The predicted molar refractivity (Wildman–Crippen MR) is 221 cm³/mol. The van der Waals surface area contributed by atoms with Crippen molar-refractivity contribution >= 4 is 5.91 Å². The third-order valence-electron chi connectivity index (χ3n) is 10.1. The average Bonchev–Trinajstić information content (AvgIpc) is 3.12. The van der Waals surface area contributed by atoms with Gasteiger partial charge in [0.2, 0.25) is 5.91 Å². The Kier molecular flexibility index (Phi) is 40.9. The van der Waals surface area contributed by atoms with Crippen LogP contribution in [0.15, 0.2) is 36.5 Å². The minimum absolute atomic E-state index is 0.0733. The van der Waals surface area contributed by atoms with Crippen LogP contribution in [0.1, 0.15) is 232 Å². The molecule has 0 aliphatic rings. The molecule has 294 valence electrons. The van der Waals surface area contributed by atoms with Crippen molar-refractivity contribution in [3.63, 3.8) is 0 Å². The summed E-state index contributed by atoms with van der Waals surface area (Å²) in [6.07, 6.45) is 55.4. The Hall–Kier alpha value is -1.39. The maximum atomic E-state index is 12.4. The van der Waals surface area contributed by atoms with Crippen molar-refractivity contribution < 1.29 is 15.0 Å². The molecule has 0 radical (unpaired) electrons. The van der Waals surface area contributed by atoms with Crippen molar-refractivity contribution in [2.24, 2.45) is 0 Å². The van der Waals surface area contributed by atoms with Crippen LogP contribution in [0.2, 0.25) is 0 Å². The van der Waals surface area contributed by atoms with E-state index in [4.69, 9.17) is 0 Å². The molecule has 1 amide bonds. The van der Waals surface area contributed by atoms with E-state index in [1.54, 1.807) is 6.08 Å². The quantitative estimate of drug-likeness (QED) is 0.0440. The predicted octanol–water partition coefficient (Wildman–Crippen LogP) is 13.8. The molecule has 0 aromatic carbocycles. The summed E-state index contributed by atoms with van der Waals surface area (Å²) < 4.78 is 0. The fourth-order valence-corrected chi connectivity index (χ4v) is 6.66. The fourth-order valence-electron chi connectivity index (χ4n) is 6.66. The lowest BCUT2D eigenvalue weighted by Gasteiger charge is -2.19. The highest BCUT2D eigenvalue weighted by molar-refractivity contribution is 5.76. The number of carbonyl (C=O) groups is 1. The summed E-state index contributed by atoms with van der Waals surface area (Å²) in [7, 11) is 0. The van der Waals surface area contributed by atoms with Crippen LogP contribution in [0.5, 0.6) is 0 Å². The van der Waals surface area contributed by atoms with Crippen LogP contribution >= 0.6 is 0 Å². The molecule has 0 aromatic heterocycles. The van der Waals surface area contributed by atoms with Crippen LogP contribution in [0.3, 0.4) is 0 Å². The zero-order valence-corrected chi connectivity index (χ0v) is 33.7. The molecule has 0 aromatic rings. The van der Waals surface area contributed by atoms with E-state index in [1.165, 1.54) is 180 Å². The molecule has 0 saturated carbocycles. The molecule has 4 heteroatoms. The number of aliphatic hydroxyl groups excluding tert-OH is 2. The molecule has 0 aliphatic carbocycles. The molecule has 0 aliphatic heterocycles. The van der Waals surface area contributed by atoms with Crippen LogP contribution in [-0.2, 0) is 4.79 Å². The number of rotatable bonds is 40. The van der Waals surface area contributed by atoms with Gasteiger partial charge in [0.05, 0.1) is 18.8 Å². The maximum Gasteiger partial charge on any atom is 0.220 e. The summed E-state index contributed by atoms with van der Waals surface area (Å²) in [4.78, 5) is 12.4. The first-order chi connectivity index (χ1) is 24.7. The number of hydrogen-bond acceptors (Lipinski definition) is 3. The van der Waals surface area contributed by atoms with Crippen molar-refractivity contribution in [2.75, 3.05) is 6.61 Å². The van der Waals surface area contributed by atoms with Gasteiger partial charge in [-0.2, -0.15) is 0 Å². The molecule has 0 bridgehead atoms. The molecule has 0 saturated heterocycles. The van der Waals surface area contributed by atoms with E-state index in [2.05, 4.69) is 43.5 Å². The van der Waals surface area contributed by atoms with Gasteiger partial charge in [-0.1, -0.05) is 204 Å². The first-order valence-corrected chi connectivity index (χ1v) is 22.2. The van der Waals surface area contributed by atoms with E-state index in [0.29, 0.717) is 6.42 Å². The van der Waals surface area contributed by atoms with E-state index in [0.717, 1.165) is 32.1 Å². The second-order valence-electron chi connectivity index (χ2n) is 15.1. The van der Waals surface area contributed by atoms with Crippen molar-refractivity contribution in [2.45, 2.75) is 244 Å². The summed E-state index contributed by atoms with van der Waals surface area (Å²) in [6, 6.07) is -0.636. The van der Waals surface area contributed by atoms with Gasteiger partial charge in [-0.25, -0.2) is 0 Å². The SMILES string of the molecule is CCCCCCCC/C=C/CCCCCCCCCCCCCCCC(=O)N[C@@H](CO)[C@H](O)/C=C/CC/C=C/CCCCCCCCCCC. The zero-order chi connectivity index (χ0) is 36.4. The summed E-state index contributed by atoms with van der Waals surface area (Å²) in [5, 5.41) is 23.0. The van der Waals surface area contributed by atoms with Gasteiger partial charge in [-0.15, -0.1) is 0 Å². The van der Waals surface area contributed by atoms with E-state index in [1.807, 2.05) is 6.08 Å². The Bertz CT molecular complexity index is 760. The topological polar surface area (TPSA) is 69.6 Å². The van der Waals surface area contributed by atoms with E-state index in [-0.39, 0.29) is 12.5 Å². The van der Waals surface area contributed by atoms with Crippen LogP contribution in [0, 0.1) is 0 Å². The Morgan fingerprint density at radius 1 is 0.460 bits per heavy atom. The van der Waals surface area contributed by atoms with Crippen LogP contribution in [0.4, 0.5) is 0 Å². The van der Waals surface area contributed by atoms with Gasteiger partial charge in [-0.05, 0) is 57.8 Å². The first-order valence-electron chi connectivity index (χ1n) is 22.2. The summed E-state index contributed by atoms with van der Waals surface area (Å²) in [5.41, 5.74) is 0. The molecule has 50 heavy (non-hydrogen) atoms. The lowest BCUT2D eigenvalue weighted by Crippen LogP contribution is -2.45. The highest BCUT2D eigenvalue weighted by Crippen LogP contribution is 2.15. The lowest BCUT2D eigenvalue weighted by atomic mass is 10.0.